The van der Waals surface area contributed by atoms with Gasteiger partial charge in [-0.3, -0.25) is 0 Å². The molecular weight excluding hydrogens is 449 g/mol. The van der Waals surface area contributed by atoms with E-state index in [9.17, 15) is 8.78 Å². The minimum Gasteiger partial charge on any atom is -0.385 e. The van der Waals surface area contributed by atoms with Crippen LogP contribution in [-0.4, -0.2) is 25.6 Å². The smallest absolute Gasteiger partial charge is 0.191 e. The van der Waals surface area contributed by atoms with Gasteiger partial charge in [0.25, 0.3) is 0 Å². The highest BCUT2D eigenvalue weighted by atomic mass is 127. The molecule has 0 aromatic heterocycles. The van der Waals surface area contributed by atoms with Crippen molar-refractivity contribution in [3.63, 3.8) is 0 Å². The van der Waals surface area contributed by atoms with Gasteiger partial charge in [0, 0.05) is 30.9 Å². The minimum atomic E-state index is -0.462. The van der Waals surface area contributed by atoms with Crippen LogP contribution in [0.3, 0.4) is 0 Å². The maximum Gasteiger partial charge on any atom is 0.191 e. The molecule has 0 fully saturated rings. The summed E-state index contributed by atoms with van der Waals surface area (Å²) in [7, 11) is 0. The maximum atomic E-state index is 13.6. The average Bonchev–Trinajstić information content (AvgIpc) is 2.62. The summed E-state index contributed by atoms with van der Waals surface area (Å²) in [5, 5.41) is 9.62. The van der Waals surface area contributed by atoms with E-state index in [1.54, 1.807) is 0 Å². The van der Waals surface area contributed by atoms with E-state index < -0.39 is 11.6 Å². The van der Waals surface area contributed by atoms with Crippen molar-refractivity contribution in [1.82, 2.24) is 10.6 Å². The molecule has 0 atom stereocenters. The van der Waals surface area contributed by atoms with Gasteiger partial charge in [-0.05, 0) is 43.7 Å². The third-order valence-corrected chi connectivity index (χ3v) is 3.51. The predicted molar refractivity (Wildman–Crippen MR) is 114 cm³/mol. The summed E-state index contributed by atoms with van der Waals surface area (Å²) in [4.78, 5) is 4.31. The van der Waals surface area contributed by atoms with Crippen molar-refractivity contribution in [2.24, 2.45) is 4.99 Å². The second kappa shape index (κ2) is 12.5. The standard InChI is InChI=1S/C19H24F2N4.HI/c1-2-22-19(25-14-15-13-16(20)9-10-18(15)21)24-12-6-11-23-17-7-4-3-5-8-17;/h3-5,7-10,13,23H,2,6,11-12,14H2,1H3,(H2,22,24,25);1H. The highest BCUT2D eigenvalue weighted by Crippen LogP contribution is 2.10. The Bertz CT molecular complexity index is 680. The molecule has 0 aliphatic carbocycles. The van der Waals surface area contributed by atoms with Gasteiger partial charge >= 0.3 is 0 Å². The fourth-order valence-corrected chi connectivity index (χ4v) is 2.25. The number of hydrogen-bond donors (Lipinski definition) is 3. The van der Waals surface area contributed by atoms with Gasteiger partial charge in [0.1, 0.15) is 11.6 Å². The van der Waals surface area contributed by atoms with Crippen LogP contribution in [0, 0.1) is 11.6 Å². The van der Waals surface area contributed by atoms with Crippen molar-refractivity contribution < 1.29 is 8.78 Å². The molecule has 0 saturated heterocycles. The summed E-state index contributed by atoms with van der Waals surface area (Å²) < 4.78 is 26.8. The first-order valence-electron chi connectivity index (χ1n) is 8.44. The van der Waals surface area contributed by atoms with Gasteiger partial charge in [0.2, 0.25) is 0 Å². The van der Waals surface area contributed by atoms with E-state index in [2.05, 4.69) is 20.9 Å². The molecule has 142 valence electrons. The van der Waals surface area contributed by atoms with Crippen molar-refractivity contribution in [2.75, 3.05) is 25.0 Å². The van der Waals surface area contributed by atoms with Crippen LogP contribution < -0.4 is 16.0 Å². The molecule has 0 radical (unpaired) electrons. The molecule has 4 nitrogen and oxygen atoms in total. The molecule has 26 heavy (non-hydrogen) atoms. The van der Waals surface area contributed by atoms with Crippen LogP contribution in [0.5, 0.6) is 0 Å². The van der Waals surface area contributed by atoms with Crippen LogP contribution in [-0.2, 0) is 6.54 Å². The fraction of sp³-hybridized carbons (Fsp3) is 0.316. The molecule has 2 aromatic carbocycles. The lowest BCUT2D eigenvalue weighted by Gasteiger charge is -2.12. The first kappa shape index (κ1) is 22.1. The van der Waals surface area contributed by atoms with E-state index >= 15 is 0 Å². The second-order valence-corrected chi connectivity index (χ2v) is 5.50. The Morgan fingerprint density at radius 3 is 2.50 bits per heavy atom. The van der Waals surface area contributed by atoms with Gasteiger partial charge in [-0.15, -0.1) is 24.0 Å². The third kappa shape index (κ3) is 7.99. The summed E-state index contributed by atoms with van der Waals surface area (Å²) >= 11 is 0. The van der Waals surface area contributed by atoms with E-state index in [0.29, 0.717) is 12.5 Å². The molecule has 0 spiro atoms. The first-order chi connectivity index (χ1) is 12.2. The number of rotatable bonds is 8. The number of hydrogen-bond acceptors (Lipinski definition) is 2. The Hall–Kier alpha value is -1.90. The van der Waals surface area contributed by atoms with Crippen LogP contribution >= 0.6 is 24.0 Å². The van der Waals surface area contributed by atoms with Crippen molar-refractivity contribution in [3.8, 4) is 0 Å². The lowest BCUT2D eigenvalue weighted by molar-refractivity contribution is 0.585. The number of halogens is 3. The number of anilines is 1. The minimum absolute atomic E-state index is 0. The van der Waals surface area contributed by atoms with Gasteiger partial charge < -0.3 is 16.0 Å². The Balaban J connectivity index is 0.00000338. The summed E-state index contributed by atoms with van der Waals surface area (Å²) in [5.41, 5.74) is 1.33. The molecule has 7 heteroatoms. The zero-order chi connectivity index (χ0) is 17.9. The van der Waals surface area contributed by atoms with Gasteiger partial charge in [0.15, 0.2) is 5.96 Å². The number of benzene rings is 2. The molecule has 0 aliphatic heterocycles. The topological polar surface area (TPSA) is 48.5 Å². The van der Waals surface area contributed by atoms with Crippen molar-refractivity contribution in [1.29, 1.82) is 0 Å². The monoisotopic (exact) mass is 474 g/mol. The van der Waals surface area contributed by atoms with E-state index in [0.717, 1.165) is 37.3 Å². The lowest BCUT2D eigenvalue weighted by atomic mass is 10.2. The lowest BCUT2D eigenvalue weighted by Crippen LogP contribution is -2.38. The van der Waals surface area contributed by atoms with Crippen LogP contribution in [0.15, 0.2) is 53.5 Å². The molecular formula is C19H25F2IN4. The number of aliphatic imine (C=N–C) groups is 1. The van der Waals surface area contributed by atoms with Gasteiger partial charge in [-0.1, -0.05) is 18.2 Å². The maximum absolute atomic E-state index is 13.6. The van der Waals surface area contributed by atoms with E-state index in [1.807, 2.05) is 37.3 Å². The number of nitrogens with one attached hydrogen (secondary N) is 3. The Morgan fingerprint density at radius 1 is 1.00 bits per heavy atom. The summed E-state index contributed by atoms with van der Waals surface area (Å²) in [6.07, 6.45) is 0.896. The molecule has 0 unspecified atom stereocenters. The van der Waals surface area contributed by atoms with Crippen LogP contribution in [0.4, 0.5) is 14.5 Å². The second-order valence-electron chi connectivity index (χ2n) is 5.50. The molecule has 0 amide bonds. The van der Waals surface area contributed by atoms with Crippen LogP contribution in [0.25, 0.3) is 0 Å². The molecule has 3 N–H and O–H groups in total. The highest BCUT2D eigenvalue weighted by Gasteiger charge is 2.04. The Morgan fingerprint density at radius 2 is 1.77 bits per heavy atom. The zero-order valence-electron chi connectivity index (χ0n) is 14.8. The summed E-state index contributed by atoms with van der Waals surface area (Å²) in [6, 6.07) is 13.4. The van der Waals surface area contributed by atoms with Gasteiger partial charge in [0.05, 0.1) is 6.54 Å². The van der Waals surface area contributed by atoms with Gasteiger partial charge in [-0.25, -0.2) is 13.8 Å². The molecule has 0 bridgehead atoms. The van der Waals surface area contributed by atoms with E-state index in [1.165, 1.54) is 6.07 Å². The zero-order valence-corrected chi connectivity index (χ0v) is 17.1. The normalized spacial score (nSPS) is 10.8. The van der Waals surface area contributed by atoms with Crippen LogP contribution in [0.1, 0.15) is 18.9 Å². The summed E-state index contributed by atoms with van der Waals surface area (Å²) in [6.45, 7) is 4.28. The first-order valence-corrected chi connectivity index (χ1v) is 8.44. The number of guanidine groups is 1. The average molecular weight is 474 g/mol. The van der Waals surface area contributed by atoms with E-state index in [4.69, 9.17) is 0 Å². The Kier molecular flexibility index (Phi) is 10.6. The Labute approximate surface area is 170 Å². The molecule has 2 aromatic rings. The molecule has 0 heterocycles. The molecule has 2 rings (SSSR count). The SMILES string of the molecule is CCNC(=NCc1cc(F)ccc1F)NCCCNc1ccccc1.I. The predicted octanol–water partition coefficient (Wildman–Crippen LogP) is 4.14. The molecule has 0 aliphatic rings. The van der Waals surface area contributed by atoms with E-state index in [-0.39, 0.29) is 36.1 Å². The quantitative estimate of drug-likeness (QED) is 0.233. The third-order valence-electron chi connectivity index (χ3n) is 3.51. The van der Waals surface area contributed by atoms with Crippen molar-refractivity contribution >= 4 is 35.6 Å². The number of para-hydroxylation sites is 1. The van der Waals surface area contributed by atoms with Crippen molar-refractivity contribution in [2.45, 2.75) is 19.9 Å². The van der Waals surface area contributed by atoms with Gasteiger partial charge in [-0.2, -0.15) is 0 Å². The fourth-order valence-electron chi connectivity index (χ4n) is 2.25. The highest BCUT2D eigenvalue weighted by molar-refractivity contribution is 14.0. The largest absolute Gasteiger partial charge is 0.385 e. The number of nitrogens with zero attached hydrogens (tertiary/aromatic N) is 1. The molecule has 0 saturated carbocycles. The van der Waals surface area contributed by atoms with Crippen LogP contribution in [0.2, 0.25) is 0 Å². The summed E-state index contributed by atoms with van der Waals surface area (Å²) in [5.74, 6) is -0.324. The van der Waals surface area contributed by atoms with Crippen molar-refractivity contribution in [3.05, 3.63) is 65.7 Å².